The summed E-state index contributed by atoms with van der Waals surface area (Å²) in [6.45, 7) is 7.17. The first-order valence-electron chi connectivity index (χ1n) is 6.78. The van der Waals surface area contributed by atoms with Crippen LogP contribution in [0, 0.1) is 0 Å². The third kappa shape index (κ3) is 6.94. The average Bonchev–Trinajstić information content (AvgIpc) is 2.25. The monoisotopic (exact) mass is 250 g/mol. The van der Waals surface area contributed by atoms with Crippen LogP contribution >= 0.6 is 0 Å². The van der Waals surface area contributed by atoms with Gasteiger partial charge in [-0.1, -0.05) is 27.2 Å². The number of alkyl halides is 2. The fourth-order valence-corrected chi connectivity index (χ4v) is 2.33. The number of nitrogens with one attached hydrogen (secondary N) is 1. The standard InChI is InChI=1S/C13H28F2N2/c1-5-8-11(16-9-6-2)12(7-3)17(4)10-13(14)15/h11-13,16H,5-10H2,1-4H3. The predicted molar refractivity (Wildman–Crippen MR) is 69.7 cm³/mol. The molecule has 0 aliphatic heterocycles. The molecule has 0 heterocycles. The molecule has 0 fully saturated rings. The fraction of sp³-hybridized carbons (Fsp3) is 1.00. The lowest BCUT2D eigenvalue weighted by Crippen LogP contribution is -2.49. The number of halogens is 2. The molecule has 0 saturated heterocycles. The maximum absolute atomic E-state index is 12.4. The number of hydrogen-bond donors (Lipinski definition) is 1. The molecule has 0 aromatic rings. The minimum absolute atomic E-state index is 0.132. The van der Waals surface area contributed by atoms with Gasteiger partial charge in [0.25, 0.3) is 6.43 Å². The van der Waals surface area contributed by atoms with Gasteiger partial charge in [0, 0.05) is 12.1 Å². The number of likely N-dealkylation sites (N-methyl/N-ethyl adjacent to an activating group) is 1. The average molecular weight is 250 g/mol. The fourth-order valence-electron chi connectivity index (χ4n) is 2.33. The maximum atomic E-state index is 12.4. The summed E-state index contributed by atoms with van der Waals surface area (Å²) in [4.78, 5) is 1.80. The van der Waals surface area contributed by atoms with E-state index < -0.39 is 6.43 Å². The zero-order chi connectivity index (χ0) is 13.3. The molecule has 4 heteroatoms. The van der Waals surface area contributed by atoms with E-state index in [1.54, 1.807) is 11.9 Å². The summed E-state index contributed by atoms with van der Waals surface area (Å²) in [6.07, 6.45) is 1.87. The Morgan fingerprint density at radius 3 is 2.18 bits per heavy atom. The summed E-state index contributed by atoms with van der Waals surface area (Å²) >= 11 is 0. The maximum Gasteiger partial charge on any atom is 0.251 e. The molecule has 0 rings (SSSR count). The van der Waals surface area contributed by atoms with Crippen LogP contribution in [0.4, 0.5) is 8.78 Å². The quantitative estimate of drug-likeness (QED) is 0.641. The van der Waals surface area contributed by atoms with Crippen molar-refractivity contribution in [2.24, 2.45) is 0 Å². The second-order valence-corrected chi connectivity index (χ2v) is 4.66. The van der Waals surface area contributed by atoms with E-state index in [1.165, 1.54) is 0 Å². The molecule has 0 spiro atoms. The Labute approximate surface area is 105 Å². The summed E-state index contributed by atoms with van der Waals surface area (Å²) in [5, 5.41) is 3.49. The van der Waals surface area contributed by atoms with E-state index in [1.807, 2.05) is 0 Å². The highest BCUT2D eigenvalue weighted by atomic mass is 19.3. The first-order valence-corrected chi connectivity index (χ1v) is 6.78. The van der Waals surface area contributed by atoms with Crippen molar-refractivity contribution in [3.05, 3.63) is 0 Å². The Morgan fingerprint density at radius 2 is 1.76 bits per heavy atom. The van der Waals surface area contributed by atoms with Crippen molar-refractivity contribution in [2.75, 3.05) is 20.1 Å². The zero-order valence-corrected chi connectivity index (χ0v) is 11.7. The summed E-state index contributed by atoms with van der Waals surface area (Å²) in [5.41, 5.74) is 0. The second-order valence-electron chi connectivity index (χ2n) is 4.66. The minimum atomic E-state index is -2.25. The molecular formula is C13H28F2N2. The first kappa shape index (κ1) is 16.8. The molecule has 0 aliphatic rings. The molecule has 0 amide bonds. The molecule has 0 aromatic carbocycles. The lowest BCUT2D eigenvalue weighted by atomic mass is 9.99. The molecule has 0 saturated carbocycles. The van der Waals surface area contributed by atoms with Crippen LogP contribution < -0.4 is 5.32 Å². The zero-order valence-electron chi connectivity index (χ0n) is 11.7. The van der Waals surface area contributed by atoms with E-state index in [4.69, 9.17) is 0 Å². The number of rotatable bonds is 10. The van der Waals surface area contributed by atoms with E-state index in [0.29, 0.717) is 6.04 Å². The summed E-state index contributed by atoms with van der Waals surface area (Å²) in [7, 11) is 1.80. The van der Waals surface area contributed by atoms with Crippen LogP contribution in [0.15, 0.2) is 0 Å². The van der Waals surface area contributed by atoms with Crippen LogP contribution in [0.25, 0.3) is 0 Å². The van der Waals surface area contributed by atoms with E-state index in [0.717, 1.165) is 32.2 Å². The lowest BCUT2D eigenvalue weighted by molar-refractivity contribution is 0.0676. The van der Waals surface area contributed by atoms with Crippen LogP contribution in [0.2, 0.25) is 0 Å². The molecule has 104 valence electrons. The lowest BCUT2D eigenvalue weighted by Gasteiger charge is -2.34. The van der Waals surface area contributed by atoms with Crippen molar-refractivity contribution < 1.29 is 8.78 Å². The molecule has 2 atom stereocenters. The highest BCUT2D eigenvalue weighted by Crippen LogP contribution is 2.13. The molecule has 2 unspecified atom stereocenters. The second kappa shape index (κ2) is 9.77. The van der Waals surface area contributed by atoms with Gasteiger partial charge in [-0.15, -0.1) is 0 Å². The molecule has 0 radical (unpaired) electrons. The Hall–Kier alpha value is -0.220. The Balaban J connectivity index is 4.40. The van der Waals surface area contributed by atoms with Gasteiger partial charge < -0.3 is 5.32 Å². The highest BCUT2D eigenvalue weighted by Gasteiger charge is 2.24. The van der Waals surface area contributed by atoms with Crippen molar-refractivity contribution in [3.8, 4) is 0 Å². The molecule has 1 N–H and O–H groups in total. The van der Waals surface area contributed by atoms with Gasteiger partial charge >= 0.3 is 0 Å². The van der Waals surface area contributed by atoms with Gasteiger partial charge in [0.05, 0.1) is 6.54 Å². The van der Waals surface area contributed by atoms with Crippen LogP contribution in [0.1, 0.15) is 46.5 Å². The van der Waals surface area contributed by atoms with Crippen molar-refractivity contribution in [3.63, 3.8) is 0 Å². The third-order valence-electron chi connectivity index (χ3n) is 3.13. The summed E-state index contributed by atoms with van der Waals surface area (Å²) in [6, 6.07) is 0.532. The smallest absolute Gasteiger partial charge is 0.251 e. The van der Waals surface area contributed by atoms with Crippen LogP contribution in [-0.2, 0) is 0 Å². The van der Waals surface area contributed by atoms with Gasteiger partial charge in [0.15, 0.2) is 0 Å². The van der Waals surface area contributed by atoms with Gasteiger partial charge in [-0.05, 0) is 32.9 Å². The molecule has 2 nitrogen and oxygen atoms in total. The van der Waals surface area contributed by atoms with E-state index in [-0.39, 0.29) is 12.6 Å². The van der Waals surface area contributed by atoms with Gasteiger partial charge in [0.2, 0.25) is 0 Å². The first-order chi connectivity index (χ1) is 8.06. The molecular weight excluding hydrogens is 222 g/mol. The molecule has 0 bridgehead atoms. The van der Waals surface area contributed by atoms with Crippen LogP contribution in [0.5, 0.6) is 0 Å². The minimum Gasteiger partial charge on any atom is -0.312 e. The SMILES string of the molecule is CCCNC(CCC)C(CC)N(C)CC(F)F. The van der Waals surface area contributed by atoms with E-state index in [9.17, 15) is 8.78 Å². The molecule has 17 heavy (non-hydrogen) atoms. The van der Waals surface area contributed by atoms with Crippen LogP contribution in [0.3, 0.4) is 0 Å². The normalized spacial score (nSPS) is 15.5. The number of nitrogens with zero attached hydrogens (tertiary/aromatic N) is 1. The Morgan fingerprint density at radius 1 is 1.12 bits per heavy atom. The van der Waals surface area contributed by atoms with Crippen molar-refractivity contribution in [2.45, 2.75) is 65.0 Å². The molecule has 0 aromatic heterocycles. The topological polar surface area (TPSA) is 15.3 Å². The van der Waals surface area contributed by atoms with Gasteiger partial charge in [-0.25, -0.2) is 8.78 Å². The number of hydrogen-bond acceptors (Lipinski definition) is 2. The Kier molecular flexibility index (Phi) is 9.65. The van der Waals surface area contributed by atoms with Crippen molar-refractivity contribution in [1.29, 1.82) is 0 Å². The third-order valence-corrected chi connectivity index (χ3v) is 3.13. The van der Waals surface area contributed by atoms with Crippen molar-refractivity contribution in [1.82, 2.24) is 10.2 Å². The Bertz CT molecular complexity index is 177. The van der Waals surface area contributed by atoms with E-state index in [2.05, 4.69) is 26.1 Å². The van der Waals surface area contributed by atoms with Crippen molar-refractivity contribution >= 4 is 0 Å². The largest absolute Gasteiger partial charge is 0.312 e. The summed E-state index contributed by atoms with van der Waals surface area (Å²) in [5.74, 6) is 0. The predicted octanol–water partition coefficient (Wildman–Crippen LogP) is 3.13. The van der Waals surface area contributed by atoms with E-state index >= 15 is 0 Å². The molecule has 0 aliphatic carbocycles. The highest BCUT2D eigenvalue weighted by molar-refractivity contribution is 4.82. The van der Waals surface area contributed by atoms with Gasteiger partial charge in [-0.3, -0.25) is 4.90 Å². The van der Waals surface area contributed by atoms with Crippen LogP contribution in [-0.4, -0.2) is 43.5 Å². The van der Waals surface area contributed by atoms with Gasteiger partial charge in [0.1, 0.15) is 0 Å². The summed E-state index contributed by atoms with van der Waals surface area (Å²) < 4.78 is 24.8. The van der Waals surface area contributed by atoms with Gasteiger partial charge in [-0.2, -0.15) is 0 Å².